The number of likely N-dealkylation sites (N-methyl/N-ethyl adjacent to an activating group) is 1. The molecule has 0 aliphatic carbocycles. The molecule has 25 heavy (non-hydrogen) atoms. The second-order valence-electron chi connectivity index (χ2n) is 6.37. The Balaban J connectivity index is 1.71. The fraction of sp³-hybridized carbons (Fsp3) is 0.200. The number of carbonyl (C=O) groups is 2. The van der Waals surface area contributed by atoms with E-state index in [1.165, 1.54) is 10.5 Å². The average Bonchev–Trinajstić information content (AvgIpc) is 2.87. The molecule has 0 atom stereocenters. The van der Waals surface area contributed by atoms with Gasteiger partial charge in [0.05, 0.1) is 12.2 Å². The summed E-state index contributed by atoms with van der Waals surface area (Å²) in [6.45, 7) is 1.79. The lowest BCUT2D eigenvalue weighted by Crippen LogP contribution is -2.44. The number of imide groups is 1. The Morgan fingerprint density at radius 3 is 2.20 bits per heavy atom. The van der Waals surface area contributed by atoms with Gasteiger partial charge in [-0.15, -0.1) is 0 Å². The first-order valence-corrected chi connectivity index (χ1v) is 8.29. The lowest BCUT2D eigenvalue weighted by atomic mass is 10.1. The fourth-order valence-electron chi connectivity index (χ4n) is 3.42. The van der Waals surface area contributed by atoms with Crippen molar-refractivity contribution in [3.8, 4) is 0 Å². The molecule has 0 fully saturated rings. The van der Waals surface area contributed by atoms with Crippen LogP contribution >= 0.6 is 0 Å². The summed E-state index contributed by atoms with van der Waals surface area (Å²) in [7, 11) is 1.55. The first-order chi connectivity index (χ1) is 12.1. The summed E-state index contributed by atoms with van der Waals surface area (Å²) in [6.07, 6.45) is 0. The van der Waals surface area contributed by atoms with Crippen LogP contribution in [0, 0.1) is 0 Å². The number of hydrogen-bond acceptors (Lipinski definition) is 4. The van der Waals surface area contributed by atoms with Gasteiger partial charge in [-0.05, 0) is 17.7 Å². The maximum atomic E-state index is 12.6. The molecule has 0 saturated heterocycles. The Morgan fingerprint density at radius 2 is 1.52 bits per heavy atom. The summed E-state index contributed by atoms with van der Waals surface area (Å²) >= 11 is 0. The van der Waals surface area contributed by atoms with Gasteiger partial charge >= 0.3 is 0 Å². The monoisotopic (exact) mass is 333 g/mol. The van der Waals surface area contributed by atoms with E-state index in [0.717, 1.165) is 12.2 Å². The zero-order chi connectivity index (χ0) is 17.4. The average molecular weight is 333 g/mol. The van der Waals surface area contributed by atoms with Gasteiger partial charge in [0, 0.05) is 25.8 Å². The van der Waals surface area contributed by atoms with Crippen LogP contribution in [0.4, 0.5) is 5.69 Å². The summed E-state index contributed by atoms with van der Waals surface area (Å²) in [4.78, 5) is 30.5. The van der Waals surface area contributed by atoms with Gasteiger partial charge in [-0.25, -0.2) is 0 Å². The minimum Gasteiger partial charge on any atom is -0.323 e. The smallest absolute Gasteiger partial charge is 0.277 e. The highest BCUT2D eigenvalue weighted by Crippen LogP contribution is 2.32. The van der Waals surface area contributed by atoms with Crippen molar-refractivity contribution < 1.29 is 9.59 Å². The molecular weight excluding hydrogens is 314 g/mol. The highest BCUT2D eigenvalue weighted by atomic mass is 16.2. The van der Waals surface area contributed by atoms with Gasteiger partial charge in [-0.3, -0.25) is 19.4 Å². The zero-order valence-electron chi connectivity index (χ0n) is 14.1. The van der Waals surface area contributed by atoms with Gasteiger partial charge in [0.1, 0.15) is 5.70 Å². The largest absolute Gasteiger partial charge is 0.323 e. The van der Waals surface area contributed by atoms with Gasteiger partial charge in [0.2, 0.25) is 0 Å². The standard InChI is InChI=1S/C20H19N3O2/c1-21-19(24)17-13-22(12-15-8-4-2-5-9-15)14-23(18(17)20(21)25)16-10-6-3-7-11-16/h2-11H,12-14H2,1H3. The van der Waals surface area contributed by atoms with Crippen LogP contribution in [0.25, 0.3) is 0 Å². The molecular formula is C20H19N3O2. The van der Waals surface area contributed by atoms with Gasteiger partial charge in [-0.2, -0.15) is 0 Å². The van der Waals surface area contributed by atoms with E-state index in [-0.39, 0.29) is 11.8 Å². The molecule has 0 saturated carbocycles. The maximum Gasteiger partial charge on any atom is 0.277 e. The van der Waals surface area contributed by atoms with E-state index in [9.17, 15) is 9.59 Å². The van der Waals surface area contributed by atoms with E-state index in [1.807, 2.05) is 53.4 Å². The molecule has 5 heteroatoms. The molecule has 2 aromatic carbocycles. The van der Waals surface area contributed by atoms with Crippen LogP contribution in [0.15, 0.2) is 71.9 Å². The number of amides is 2. The summed E-state index contributed by atoms with van der Waals surface area (Å²) in [5.41, 5.74) is 3.20. The van der Waals surface area contributed by atoms with Crippen LogP contribution in [-0.2, 0) is 16.1 Å². The van der Waals surface area contributed by atoms with Gasteiger partial charge < -0.3 is 4.90 Å². The molecule has 2 aliphatic heterocycles. The van der Waals surface area contributed by atoms with Gasteiger partial charge in [0.25, 0.3) is 11.8 Å². The van der Waals surface area contributed by atoms with Crippen LogP contribution in [0.2, 0.25) is 0 Å². The van der Waals surface area contributed by atoms with Crippen LogP contribution < -0.4 is 4.90 Å². The third kappa shape index (κ3) is 2.72. The summed E-state index contributed by atoms with van der Waals surface area (Å²) in [6, 6.07) is 19.9. The number of benzene rings is 2. The number of carbonyl (C=O) groups excluding carboxylic acids is 2. The van der Waals surface area contributed by atoms with Crippen LogP contribution in [0.5, 0.6) is 0 Å². The Morgan fingerprint density at radius 1 is 0.880 bits per heavy atom. The molecule has 0 aromatic heterocycles. The lowest BCUT2D eigenvalue weighted by molar-refractivity contribution is -0.135. The summed E-state index contributed by atoms with van der Waals surface area (Å²) in [5, 5.41) is 0. The van der Waals surface area contributed by atoms with Crippen molar-refractivity contribution in [1.29, 1.82) is 0 Å². The minimum atomic E-state index is -0.219. The molecule has 4 rings (SSSR count). The number of para-hydroxylation sites is 1. The van der Waals surface area contributed by atoms with E-state index < -0.39 is 0 Å². The Bertz CT molecular complexity index is 846. The van der Waals surface area contributed by atoms with E-state index in [2.05, 4.69) is 17.0 Å². The molecule has 2 aromatic rings. The molecule has 2 amide bonds. The second-order valence-corrected chi connectivity index (χ2v) is 6.37. The second kappa shape index (κ2) is 6.18. The van der Waals surface area contributed by atoms with Crippen molar-refractivity contribution in [2.24, 2.45) is 0 Å². The summed E-state index contributed by atoms with van der Waals surface area (Å²) in [5.74, 6) is -0.415. The van der Waals surface area contributed by atoms with Crippen LogP contribution in [0.3, 0.4) is 0 Å². The third-order valence-corrected chi connectivity index (χ3v) is 4.67. The molecule has 0 radical (unpaired) electrons. The normalized spacial score (nSPS) is 18.1. The highest BCUT2D eigenvalue weighted by molar-refractivity contribution is 6.21. The maximum absolute atomic E-state index is 12.6. The molecule has 0 spiro atoms. The Hall–Kier alpha value is -2.92. The summed E-state index contributed by atoms with van der Waals surface area (Å²) < 4.78 is 0. The zero-order valence-corrected chi connectivity index (χ0v) is 14.1. The van der Waals surface area contributed by atoms with E-state index >= 15 is 0 Å². The molecule has 2 heterocycles. The number of nitrogens with zero attached hydrogens (tertiary/aromatic N) is 3. The van der Waals surface area contributed by atoms with Crippen molar-refractivity contribution >= 4 is 17.5 Å². The molecule has 0 bridgehead atoms. The molecule has 126 valence electrons. The first kappa shape index (κ1) is 15.6. The first-order valence-electron chi connectivity index (χ1n) is 8.29. The van der Waals surface area contributed by atoms with Crippen molar-refractivity contribution in [1.82, 2.24) is 9.80 Å². The third-order valence-electron chi connectivity index (χ3n) is 4.67. The van der Waals surface area contributed by atoms with Gasteiger partial charge in [-0.1, -0.05) is 48.5 Å². The molecule has 0 N–H and O–H groups in total. The fourth-order valence-corrected chi connectivity index (χ4v) is 3.42. The topological polar surface area (TPSA) is 43.9 Å². The SMILES string of the molecule is CN1C(=O)C2=C(C1=O)N(c1ccccc1)CN(Cc1ccccc1)C2. The van der Waals surface area contributed by atoms with Gasteiger partial charge in [0.15, 0.2) is 0 Å². The van der Waals surface area contributed by atoms with Crippen molar-refractivity contribution in [2.75, 3.05) is 25.2 Å². The molecule has 0 unspecified atom stereocenters. The predicted octanol–water partition coefficient (Wildman–Crippen LogP) is 2.22. The Labute approximate surface area is 146 Å². The quantitative estimate of drug-likeness (QED) is 0.808. The van der Waals surface area contributed by atoms with Crippen LogP contribution in [0.1, 0.15) is 5.56 Å². The van der Waals surface area contributed by atoms with E-state index in [1.54, 1.807) is 7.05 Å². The minimum absolute atomic E-state index is 0.196. The van der Waals surface area contributed by atoms with Crippen molar-refractivity contribution in [3.63, 3.8) is 0 Å². The Kier molecular flexibility index (Phi) is 3.86. The number of rotatable bonds is 3. The molecule has 2 aliphatic rings. The van der Waals surface area contributed by atoms with E-state index in [4.69, 9.17) is 0 Å². The highest BCUT2D eigenvalue weighted by Gasteiger charge is 2.42. The lowest BCUT2D eigenvalue weighted by Gasteiger charge is -2.36. The predicted molar refractivity (Wildman–Crippen MR) is 95.4 cm³/mol. The molecule has 5 nitrogen and oxygen atoms in total. The van der Waals surface area contributed by atoms with Crippen molar-refractivity contribution in [3.05, 3.63) is 77.5 Å². The number of anilines is 1. The van der Waals surface area contributed by atoms with Crippen molar-refractivity contribution in [2.45, 2.75) is 6.54 Å². The van der Waals surface area contributed by atoms with Crippen LogP contribution in [-0.4, -0.2) is 41.9 Å². The van der Waals surface area contributed by atoms with E-state index in [0.29, 0.717) is 24.5 Å². The number of hydrogen-bond donors (Lipinski definition) is 0.